The number of anilines is 1. The van der Waals surface area contributed by atoms with Crippen LogP contribution in [0.25, 0.3) is 11.4 Å². The van der Waals surface area contributed by atoms with Gasteiger partial charge in [-0.05, 0) is 37.8 Å². The monoisotopic (exact) mass is 294 g/mol. The van der Waals surface area contributed by atoms with Crippen molar-refractivity contribution in [1.29, 1.82) is 0 Å². The molecular formula is C14H13F3N4. The molecule has 1 aliphatic rings. The van der Waals surface area contributed by atoms with Crippen LogP contribution in [0.2, 0.25) is 0 Å². The summed E-state index contributed by atoms with van der Waals surface area (Å²) in [7, 11) is 0. The highest BCUT2D eigenvalue weighted by molar-refractivity contribution is 5.60. The SMILES string of the molecule is NNc1nc(-c2cc(F)c(F)c(F)c2)nc2c1CCCC2. The van der Waals surface area contributed by atoms with E-state index in [1.165, 1.54) is 0 Å². The van der Waals surface area contributed by atoms with Crippen LogP contribution < -0.4 is 11.3 Å². The van der Waals surface area contributed by atoms with Crippen molar-refractivity contribution in [1.82, 2.24) is 9.97 Å². The minimum atomic E-state index is -1.51. The number of nitrogens with two attached hydrogens (primary N) is 1. The highest BCUT2D eigenvalue weighted by Gasteiger charge is 2.19. The maximum absolute atomic E-state index is 13.3. The van der Waals surface area contributed by atoms with E-state index in [1.54, 1.807) is 0 Å². The fraction of sp³-hybridized carbons (Fsp3) is 0.286. The van der Waals surface area contributed by atoms with Gasteiger partial charge in [0.15, 0.2) is 23.3 Å². The van der Waals surface area contributed by atoms with Gasteiger partial charge in [0, 0.05) is 16.8 Å². The third-order valence-electron chi connectivity index (χ3n) is 3.56. The molecule has 0 bridgehead atoms. The molecule has 1 aliphatic carbocycles. The fourth-order valence-electron chi connectivity index (χ4n) is 2.53. The molecule has 1 heterocycles. The van der Waals surface area contributed by atoms with E-state index in [-0.39, 0.29) is 11.4 Å². The first kappa shape index (κ1) is 13.8. The van der Waals surface area contributed by atoms with Crippen LogP contribution in [-0.2, 0) is 12.8 Å². The number of nitrogen functional groups attached to an aromatic ring is 1. The van der Waals surface area contributed by atoms with E-state index < -0.39 is 17.5 Å². The molecule has 2 aromatic rings. The lowest BCUT2D eigenvalue weighted by molar-refractivity contribution is 0.447. The molecule has 3 N–H and O–H groups in total. The zero-order valence-corrected chi connectivity index (χ0v) is 11.1. The van der Waals surface area contributed by atoms with Crippen LogP contribution >= 0.6 is 0 Å². The molecule has 1 aromatic carbocycles. The van der Waals surface area contributed by atoms with Crippen molar-refractivity contribution in [2.24, 2.45) is 5.84 Å². The van der Waals surface area contributed by atoms with Gasteiger partial charge in [-0.3, -0.25) is 0 Å². The van der Waals surface area contributed by atoms with Gasteiger partial charge in [0.05, 0.1) is 0 Å². The summed E-state index contributed by atoms with van der Waals surface area (Å²) >= 11 is 0. The van der Waals surface area contributed by atoms with Crippen molar-refractivity contribution >= 4 is 5.82 Å². The summed E-state index contributed by atoms with van der Waals surface area (Å²) in [5, 5.41) is 0. The van der Waals surface area contributed by atoms with Crippen molar-refractivity contribution in [3.05, 3.63) is 40.8 Å². The van der Waals surface area contributed by atoms with Crippen molar-refractivity contribution in [2.45, 2.75) is 25.7 Å². The van der Waals surface area contributed by atoms with E-state index in [1.807, 2.05) is 0 Å². The van der Waals surface area contributed by atoms with E-state index in [0.29, 0.717) is 5.82 Å². The second-order valence-electron chi connectivity index (χ2n) is 4.93. The van der Waals surface area contributed by atoms with Gasteiger partial charge < -0.3 is 5.43 Å². The third-order valence-corrected chi connectivity index (χ3v) is 3.56. The molecule has 21 heavy (non-hydrogen) atoms. The van der Waals surface area contributed by atoms with Crippen LogP contribution in [0.3, 0.4) is 0 Å². The molecule has 110 valence electrons. The van der Waals surface area contributed by atoms with Crippen molar-refractivity contribution in [3.8, 4) is 11.4 Å². The molecule has 0 radical (unpaired) electrons. The Morgan fingerprint density at radius 1 is 1.00 bits per heavy atom. The predicted octanol–water partition coefficient (Wildman–Crippen LogP) is 2.73. The number of aromatic nitrogens is 2. The molecule has 0 amide bonds. The molecule has 0 spiro atoms. The minimum Gasteiger partial charge on any atom is -0.308 e. The van der Waals surface area contributed by atoms with Gasteiger partial charge in [0.2, 0.25) is 0 Å². The van der Waals surface area contributed by atoms with Gasteiger partial charge in [-0.15, -0.1) is 0 Å². The third kappa shape index (κ3) is 2.44. The number of hydrogen-bond donors (Lipinski definition) is 2. The summed E-state index contributed by atoms with van der Waals surface area (Å²) < 4.78 is 39.7. The zero-order chi connectivity index (χ0) is 15.0. The molecule has 7 heteroatoms. The van der Waals surface area contributed by atoms with Gasteiger partial charge in [-0.25, -0.2) is 29.0 Å². The number of fused-ring (bicyclic) bond motifs is 1. The number of aryl methyl sites for hydroxylation is 1. The summed E-state index contributed by atoms with van der Waals surface area (Å²) in [6.45, 7) is 0. The summed E-state index contributed by atoms with van der Waals surface area (Å²) in [6, 6.07) is 1.76. The Morgan fingerprint density at radius 3 is 2.33 bits per heavy atom. The standard InChI is InChI=1S/C14H13F3N4/c15-9-5-7(6-10(16)12(9)17)13-19-11-4-2-1-3-8(11)14(20-13)21-18/h5-6H,1-4,18H2,(H,19,20,21). The second-order valence-corrected chi connectivity index (χ2v) is 4.93. The first-order chi connectivity index (χ1) is 10.1. The van der Waals surface area contributed by atoms with Crippen LogP contribution in [0.5, 0.6) is 0 Å². The van der Waals surface area contributed by atoms with Crippen LogP contribution in [-0.4, -0.2) is 9.97 Å². The summed E-state index contributed by atoms with van der Waals surface area (Å²) in [4.78, 5) is 8.53. The number of hydrazine groups is 1. The quantitative estimate of drug-likeness (QED) is 0.508. The van der Waals surface area contributed by atoms with E-state index in [4.69, 9.17) is 5.84 Å². The van der Waals surface area contributed by atoms with Gasteiger partial charge in [-0.2, -0.15) is 0 Å². The van der Waals surface area contributed by atoms with Crippen molar-refractivity contribution < 1.29 is 13.2 Å². The Bertz CT molecular complexity index is 663. The maximum atomic E-state index is 13.3. The Morgan fingerprint density at radius 2 is 1.67 bits per heavy atom. The second kappa shape index (κ2) is 5.33. The summed E-state index contributed by atoms with van der Waals surface area (Å²) in [5.41, 5.74) is 4.31. The number of nitrogens with one attached hydrogen (secondary N) is 1. The molecule has 0 saturated carbocycles. The number of rotatable bonds is 2. The van der Waals surface area contributed by atoms with Crippen LogP contribution in [0, 0.1) is 17.5 Å². The summed E-state index contributed by atoms with van der Waals surface area (Å²) in [6.07, 6.45) is 3.57. The molecule has 4 nitrogen and oxygen atoms in total. The minimum absolute atomic E-state index is 0.0799. The number of halogens is 3. The van der Waals surface area contributed by atoms with Gasteiger partial charge in [0.1, 0.15) is 5.82 Å². The smallest absolute Gasteiger partial charge is 0.194 e. The highest BCUT2D eigenvalue weighted by atomic mass is 19.2. The Kier molecular flexibility index (Phi) is 3.50. The highest BCUT2D eigenvalue weighted by Crippen LogP contribution is 2.29. The molecule has 0 aliphatic heterocycles. The van der Waals surface area contributed by atoms with Gasteiger partial charge in [-0.1, -0.05) is 0 Å². The molecule has 0 atom stereocenters. The number of nitrogens with zero attached hydrogens (tertiary/aromatic N) is 2. The molecule has 1 aromatic heterocycles. The average Bonchev–Trinajstić information content (AvgIpc) is 2.51. The van der Waals surface area contributed by atoms with Crippen molar-refractivity contribution in [3.63, 3.8) is 0 Å². The topological polar surface area (TPSA) is 63.8 Å². The maximum Gasteiger partial charge on any atom is 0.194 e. The lowest BCUT2D eigenvalue weighted by Crippen LogP contribution is -2.17. The van der Waals surface area contributed by atoms with Gasteiger partial charge in [0.25, 0.3) is 0 Å². The van der Waals surface area contributed by atoms with Crippen LogP contribution in [0.15, 0.2) is 12.1 Å². The predicted molar refractivity (Wildman–Crippen MR) is 71.8 cm³/mol. The zero-order valence-electron chi connectivity index (χ0n) is 11.1. The van der Waals surface area contributed by atoms with Crippen LogP contribution in [0.4, 0.5) is 19.0 Å². The first-order valence-electron chi connectivity index (χ1n) is 6.61. The first-order valence-corrected chi connectivity index (χ1v) is 6.61. The molecule has 0 fully saturated rings. The van der Waals surface area contributed by atoms with Gasteiger partial charge >= 0.3 is 0 Å². The normalized spacial score (nSPS) is 13.9. The van der Waals surface area contributed by atoms with Crippen LogP contribution in [0.1, 0.15) is 24.1 Å². The number of benzene rings is 1. The Balaban J connectivity index is 2.15. The molecule has 0 unspecified atom stereocenters. The fourth-order valence-corrected chi connectivity index (χ4v) is 2.53. The van der Waals surface area contributed by atoms with E-state index in [9.17, 15) is 13.2 Å². The average molecular weight is 294 g/mol. The van der Waals surface area contributed by atoms with Crippen molar-refractivity contribution in [2.75, 3.05) is 5.43 Å². The number of hydrogen-bond acceptors (Lipinski definition) is 4. The molecule has 3 rings (SSSR count). The lowest BCUT2D eigenvalue weighted by Gasteiger charge is -2.18. The van der Waals surface area contributed by atoms with E-state index in [0.717, 1.165) is 49.1 Å². The lowest BCUT2D eigenvalue weighted by atomic mass is 9.96. The Hall–Kier alpha value is -2.15. The largest absolute Gasteiger partial charge is 0.308 e. The van der Waals surface area contributed by atoms with E-state index in [2.05, 4.69) is 15.4 Å². The summed E-state index contributed by atoms with van der Waals surface area (Å²) in [5.74, 6) is 1.98. The Labute approximate surface area is 119 Å². The van der Waals surface area contributed by atoms with E-state index >= 15 is 0 Å². The molecular weight excluding hydrogens is 281 g/mol. The molecule has 0 saturated heterocycles.